The molecule has 0 spiro atoms. The van der Waals surface area contributed by atoms with E-state index < -0.39 is 16.6 Å². The molecule has 2 aromatic carbocycles. The van der Waals surface area contributed by atoms with Gasteiger partial charge in [0.25, 0.3) is 0 Å². The van der Waals surface area contributed by atoms with Gasteiger partial charge in [-0.1, -0.05) is 42.5 Å². The highest BCUT2D eigenvalue weighted by atomic mass is 32.2. The van der Waals surface area contributed by atoms with Gasteiger partial charge in [-0.25, -0.2) is 12.7 Å². The van der Waals surface area contributed by atoms with Crippen LogP contribution in [0.5, 0.6) is 5.75 Å². The molecule has 1 saturated heterocycles. The molecule has 31 heavy (non-hydrogen) atoms. The van der Waals surface area contributed by atoms with Gasteiger partial charge in [0.15, 0.2) is 0 Å². The number of hydrogen-bond donors (Lipinski definition) is 0. The summed E-state index contributed by atoms with van der Waals surface area (Å²) in [6, 6.07) is 15.2. The molecule has 1 fully saturated rings. The number of amides is 1. The Kier molecular flexibility index (Phi) is 7.61. The molecule has 0 aliphatic carbocycles. The zero-order chi connectivity index (χ0) is 22.4. The number of benzene rings is 2. The fraction of sp³-hybridized carbons (Fsp3) is 0.409. The average molecular weight is 453 g/mol. The fourth-order valence-electron chi connectivity index (χ4n) is 3.70. The first-order valence-electron chi connectivity index (χ1n) is 10.0. The molecule has 0 bridgehead atoms. The first kappa shape index (κ1) is 23.1. The Morgan fingerprint density at radius 2 is 1.68 bits per heavy atom. The van der Waals surface area contributed by atoms with E-state index in [0.29, 0.717) is 32.5 Å². The molecular weight excluding hydrogens is 426 g/mol. The van der Waals surface area contributed by atoms with Crippen molar-refractivity contribution in [2.45, 2.75) is 31.8 Å². The van der Waals surface area contributed by atoms with Crippen molar-refractivity contribution in [3.8, 4) is 5.75 Å². The lowest BCUT2D eigenvalue weighted by Gasteiger charge is -2.32. The van der Waals surface area contributed by atoms with E-state index in [1.165, 1.54) is 16.4 Å². The quantitative estimate of drug-likeness (QED) is 0.615. The number of ether oxygens (including phenoxy) is 1. The van der Waals surface area contributed by atoms with Crippen LogP contribution in [0.4, 0.5) is 8.78 Å². The maximum absolute atomic E-state index is 12.8. The van der Waals surface area contributed by atoms with E-state index in [4.69, 9.17) is 0 Å². The maximum Gasteiger partial charge on any atom is 0.387 e. The topological polar surface area (TPSA) is 66.9 Å². The number of carbonyl (C=O) groups is 1. The summed E-state index contributed by atoms with van der Waals surface area (Å²) in [4.78, 5) is 14.4. The third kappa shape index (κ3) is 6.48. The van der Waals surface area contributed by atoms with Gasteiger partial charge in [-0.3, -0.25) is 4.79 Å². The van der Waals surface area contributed by atoms with Crippen molar-refractivity contribution in [1.29, 1.82) is 0 Å². The summed E-state index contributed by atoms with van der Waals surface area (Å²) in [5.41, 5.74) is 1.53. The van der Waals surface area contributed by atoms with Crippen LogP contribution in [-0.4, -0.2) is 50.3 Å². The fourth-order valence-corrected chi connectivity index (χ4v) is 5.26. The van der Waals surface area contributed by atoms with E-state index in [2.05, 4.69) is 4.74 Å². The molecular formula is C22H26F2N2O4S. The molecule has 2 aromatic rings. The Morgan fingerprint density at radius 1 is 1.06 bits per heavy atom. The first-order chi connectivity index (χ1) is 14.7. The van der Waals surface area contributed by atoms with Gasteiger partial charge in [0.05, 0.1) is 5.75 Å². The van der Waals surface area contributed by atoms with Gasteiger partial charge in [0.1, 0.15) is 5.75 Å². The average Bonchev–Trinajstić information content (AvgIpc) is 2.74. The van der Waals surface area contributed by atoms with Crippen LogP contribution < -0.4 is 4.74 Å². The van der Waals surface area contributed by atoms with Gasteiger partial charge in [-0.15, -0.1) is 0 Å². The molecule has 1 amide bonds. The van der Waals surface area contributed by atoms with E-state index in [9.17, 15) is 22.0 Å². The molecule has 9 heteroatoms. The SMILES string of the molecule is CN(Cc1ccc(OC(F)F)cc1)C(=O)C1CCN(S(=O)(=O)Cc2ccccc2)CC1. The zero-order valence-electron chi connectivity index (χ0n) is 17.3. The summed E-state index contributed by atoms with van der Waals surface area (Å²) < 4.78 is 55.6. The Labute approximate surface area is 181 Å². The van der Waals surface area contributed by atoms with Crippen molar-refractivity contribution in [2.24, 2.45) is 5.92 Å². The Balaban J connectivity index is 1.51. The van der Waals surface area contributed by atoms with E-state index in [-0.39, 0.29) is 23.3 Å². The van der Waals surface area contributed by atoms with Crippen molar-refractivity contribution in [2.75, 3.05) is 20.1 Å². The number of rotatable bonds is 8. The van der Waals surface area contributed by atoms with Crippen LogP contribution in [0.3, 0.4) is 0 Å². The summed E-state index contributed by atoms with van der Waals surface area (Å²) in [6.07, 6.45) is 0.941. The molecule has 3 rings (SSSR count). The van der Waals surface area contributed by atoms with Crippen molar-refractivity contribution in [1.82, 2.24) is 9.21 Å². The van der Waals surface area contributed by atoms with Gasteiger partial charge in [0, 0.05) is 32.6 Å². The van der Waals surface area contributed by atoms with Crippen LogP contribution in [0.1, 0.15) is 24.0 Å². The van der Waals surface area contributed by atoms with Crippen molar-refractivity contribution < 1.29 is 26.7 Å². The smallest absolute Gasteiger partial charge is 0.387 e. The van der Waals surface area contributed by atoms with Crippen molar-refractivity contribution in [3.63, 3.8) is 0 Å². The molecule has 0 atom stereocenters. The molecule has 1 aliphatic rings. The van der Waals surface area contributed by atoms with Crippen LogP contribution in [0, 0.1) is 5.92 Å². The van der Waals surface area contributed by atoms with E-state index in [0.717, 1.165) is 11.1 Å². The number of nitrogens with zero attached hydrogens (tertiary/aromatic N) is 2. The van der Waals surface area contributed by atoms with Gasteiger partial charge in [-0.2, -0.15) is 8.78 Å². The van der Waals surface area contributed by atoms with Gasteiger partial charge < -0.3 is 9.64 Å². The van der Waals surface area contributed by atoms with Crippen LogP contribution in [0.25, 0.3) is 0 Å². The number of carbonyl (C=O) groups excluding carboxylic acids is 1. The second kappa shape index (κ2) is 10.2. The van der Waals surface area contributed by atoms with Crippen LogP contribution in [0.2, 0.25) is 0 Å². The summed E-state index contributed by atoms with van der Waals surface area (Å²) >= 11 is 0. The normalized spacial score (nSPS) is 15.7. The van der Waals surface area contributed by atoms with E-state index in [1.54, 1.807) is 36.2 Å². The maximum atomic E-state index is 12.8. The number of hydrogen-bond acceptors (Lipinski definition) is 4. The molecule has 0 N–H and O–H groups in total. The van der Waals surface area contributed by atoms with Gasteiger partial charge in [0.2, 0.25) is 15.9 Å². The predicted molar refractivity (Wildman–Crippen MR) is 113 cm³/mol. The van der Waals surface area contributed by atoms with Crippen LogP contribution >= 0.6 is 0 Å². The summed E-state index contributed by atoms with van der Waals surface area (Å²) in [5, 5.41) is 0. The van der Waals surface area contributed by atoms with Crippen LogP contribution in [-0.2, 0) is 27.1 Å². The van der Waals surface area contributed by atoms with Crippen molar-refractivity contribution in [3.05, 3.63) is 65.7 Å². The Morgan fingerprint density at radius 3 is 2.26 bits per heavy atom. The van der Waals surface area contributed by atoms with Gasteiger partial charge >= 0.3 is 6.61 Å². The highest BCUT2D eigenvalue weighted by Crippen LogP contribution is 2.24. The first-order valence-corrected chi connectivity index (χ1v) is 11.7. The van der Waals surface area contributed by atoms with E-state index >= 15 is 0 Å². The molecule has 0 unspecified atom stereocenters. The lowest BCUT2D eigenvalue weighted by Crippen LogP contribution is -2.43. The number of piperidine rings is 1. The predicted octanol–water partition coefficient (Wildman–Crippen LogP) is 3.49. The largest absolute Gasteiger partial charge is 0.435 e. The van der Waals surface area contributed by atoms with Crippen molar-refractivity contribution >= 4 is 15.9 Å². The summed E-state index contributed by atoms with van der Waals surface area (Å²) in [6.45, 7) is -1.91. The molecule has 6 nitrogen and oxygen atoms in total. The van der Waals surface area contributed by atoms with Gasteiger partial charge in [-0.05, 0) is 36.1 Å². The molecule has 0 radical (unpaired) electrons. The molecule has 0 aromatic heterocycles. The summed E-state index contributed by atoms with van der Waals surface area (Å²) in [7, 11) is -1.74. The lowest BCUT2D eigenvalue weighted by atomic mass is 9.96. The highest BCUT2D eigenvalue weighted by molar-refractivity contribution is 7.88. The zero-order valence-corrected chi connectivity index (χ0v) is 18.1. The third-order valence-electron chi connectivity index (χ3n) is 5.33. The third-order valence-corrected chi connectivity index (χ3v) is 7.18. The molecule has 168 valence electrons. The number of alkyl halides is 2. The second-order valence-electron chi connectivity index (χ2n) is 7.63. The summed E-state index contributed by atoms with van der Waals surface area (Å²) in [5.74, 6) is -0.267. The highest BCUT2D eigenvalue weighted by Gasteiger charge is 2.32. The minimum Gasteiger partial charge on any atom is -0.435 e. The molecule has 0 saturated carbocycles. The molecule has 1 heterocycles. The Hall–Kier alpha value is -2.52. The standard InChI is InChI=1S/C22H26F2N2O4S/c1-25(15-17-7-9-20(10-8-17)30-22(23)24)21(27)19-11-13-26(14-12-19)31(28,29)16-18-5-3-2-4-6-18/h2-10,19,22H,11-16H2,1H3. The molecule has 1 aliphatic heterocycles. The minimum atomic E-state index is -3.42. The monoisotopic (exact) mass is 452 g/mol. The minimum absolute atomic E-state index is 0.0440. The second-order valence-corrected chi connectivity index (χ2v) is 9.60. The Bertz CT molecular complexity index is 961. The van der Waals surface area contributed by atoms with Crippen LogP contribution in [0.15, 0.2) is 54.6 Å². The number of sulfonamides is 1. The van der Waals surface area contributed by atoms with E-state index in [1.807, 2.05) is 18.2 Å². The number of halogens is 2. The lowest BCUT2D eigenvalue weighted by molar-refractivity contribution is -0.135.